The molecule has 2 aromatic heterocycles. The Balaban J connectivity index is 1.46. The molecule has 0 spiro atoms. The maximum absolute atomic E-state index is 5.45. The van der Waals surface area contributed by atoms with E-state index in [1.807, 2.05) is 37.6 Å². The lowest BCUT2D eigenvalue weighted by atomic mass is 10.2. The Kier molecular flexibility index (Phi) is 2.88. The molecule has 0 radical (unpaired) electrons. The van der Waals surface area contributed by atoms with Crippen molar-refractivity contribution in [2.75, 3.05) is 18.7 Å². The zero-order chi connectivity index (χ0) is 16.1. The molecular weight excluding hydrogens is 306 g/mol. The first-order valence-electron chi connectivity index (χ1n) is 8.09. The fourth-order valence-electron chi connectivity index (χ4n) is 3.11. The lowest BCUT2D eigenvalue weighted by Crippen LogP contribution is -2.18. The van der Waals surface area contributed by atoms with Gasteiger partial charge < -0.3 is 14.4 Å². The Morgan fingerprint density at radius 1 is 1.21 bits per heavy atom. The van der Waals surface area contributed by atoms with Gasteiger partial charge in [-0.15, -0.1) is 10.2 Å². The molecule has 1 fully saturated rings. The van der Waals surface area contributed by atoms with Crippen LogP contribution in [0.25, 0.3) is 5.65 Å². The van der Waals surface area contributed by atoms with Crippen molar-refractivity contribution in [3.05, 3.63) is 42.0 Å². The molecule has 5 rings (SSSR count). The van der Waals surface area contributed by atoms with Crippen molar-refractivity contribution in [3.8, 4) is 11.5 Å². The first-order chi connectivity index (χ1) is 11.8. The first-order valence-corrected chi connectivity index (χ1v) is 8.09. The molecule has 0 amide bonds. The topological polar surface area (TPSA) is 64.8 Å². The van der Waals surface area contributed by atoms with Crippen LogP contribution in [0.3, 0.4) is 0 Å². The summed E-state index contributed by atoms with van der Waals surface area (Å²) in [5, 5.41) is 8.73. The number of anilines is 1. The van der Waals surface area contributed by atoms with Crippen LogP contribution in [0.2, 0.25) is 0 Å². The second kappa shape index (κ2) is 5.09. The van der Waals surface area contributed by atoms with Gasteiger partial charge in [0.2, 0.25) is 12.4 Å². The Hall–Kier alpha value is -2.83. The molecular formula is C17H17N5O2. The summed E-state index contributed by atoms with van der Waals surface area (Å²) < 4.78 is 12.9. The molecule has 24 heavy (non-hydrogen) atoms. The third-order valence-corrected chi connectivity index (χ3v) is 4.50. The van der Waals surface area contributed by atoms with Gasteiger partial charge in [0.25, 0.3) is 0 Å². The summed E-state index contributed by atoms with van der Waals surface area (Å²) in [6, 6.07) is 6.00. The van der Waals surface area contributed by atoms with Gasteiger partial charge in [-0.05, 0) is 30.5 Å². The summed E-state index contributed by atoms with van der Waals surface area (Å²) in [6.07, 6.45) is 6.16. The van der Waals surface area contributed by atoms with Gasteiger partial charge in [-0.2, -0.15) is 0 Å². The predicted octanol–water partition coefficient (Wildman–Crippen LogP) is 2.37. The maximum Gasteiger partial charge on any atom is 0.231 e. The highest BCUT2D eigenvalue weighted by molar-refractivity contribution is 5.63. The molecule has 7 heteroatoms. The molecule has 1 aliphatic heterocycles. The molecule has 3 aromatic rings. The molecule has 0 saturated heterocycles. The second-order valence-electron chi connectivity index (χ2n) is 6.32. The van der Waals surface area contributed by atoms with Crippen LogP contribution < -0.4 is 14.4 Å². The summed E-state index contributed by atoms with van der Waals surface area (Å²) in [4.78, 5) is 6.60. The number of nitrogens with zero attached hydrogens (tertiary/aromatic N) is 5. The second-order valence-corrected chi connectivity index (χ2v) is 6.32. The number of rotatable bonds is 4. The Bertz CT molecular complexity index is 918. The minimum atomic E-state index is 0.291. The molecule has 1 saturated carbocycles. The molecule has 7 nitrogen and oxygen atoms in total. The lowest BCUT2D eigenvalue weighted by molar-refractivity contribution is 0.174. The van der Waals surface area contributed by atoms with E-state index in [0.29, 0.717) is 19.3 Å². The molecule has 2 aliphatic rings. The van der Waals surface area contributed by atoms with Gasteiger partial charge in [0.1, 0.15) is 5.82 Å². The largest absolute Gasteiger partial charge is 0.454 e. The van der Waals surface area contributed by atoms with Crippen molar-refractivity contribution < 1.29 is 9.47 Å². The molecule has 0 unspecified atom stereocenters. The molecule has 0 atom stereocenters. The van der Waals surface area contributed by atoms with Gasteiger partial charge in [0.05, 0.1) is 0 Å². The lowest BCUT2D eigenvalue weighted by Gasteiger charge is -2.18. The van der Waals surface area contributed by atoms with E-state index in [0.717, 1.165) is 34.4 Å². The predicted molar refractivity (Wildman–Crippen MR) is 87.4 cm³/mol. The molecule has 122 valence electrons. The number of hydrogen-bond acceptors (Lipinski definition) is 6. The van der Waals surface area contributed by atoms with E-state index in [2.05, 4.69) is 24.5 Å². The highest BCUT2D eigenvalue weighted by Gasteiger charge is 2.29. The van der Waals surface area contributed by atoms with Crippen molar-refractivity contribution >= 4 is 11.5 Å². The maximum atomic E-state index is 5.45. The van der Waals surface area contributed by atoms with E-state index < -0.39 is 0 Å². The van der Waals surface area contributed by atoms with Gasteiger partial charge in [-0.25, -0.2) is 4.98 Å². The molecule has 0 N–H and O–H groups in total. The van der Waals surface area contributed by atoms with Crippen LogP contribution in [-0.4, -0.2) is 33.4 Å². The number of fused-ring (bicyclic) bond motifs is 2. The molecule has 1 aliphatic carbocycles. The SMILES string of the molecule is CN(Cc1ccc2c(c1)OCO2)c1nccn2c(C3CC3)nnc12. The van der Waals surface area contributed by atoms with Crippen LogP contribution in [0.4, 0.5) is 5.82 Å². The fourth-order valence-corrected chi connectivity index (χ4v) is 3.11. The van der Waals surface area contributed by atoms with Crippen LogP contribution in [0.5, 0.6) is 11.5 Å². The number of aromatic nitrogens is 4. The van der Waals surface area contributed by atoms with Gasteiger partial charge in [-0.3, -0.25) is 4.40 Å². The third-order valence-electron chi connectivity index (χ3n) is 4.50. The minimum absolute atomic E-state index is 0.291. The third kappa shape index (κ3) is 2.16. The summed E-state index contributed by atoms with van der Waals surface area (Å²) in [5.41, 5.74) is 1.94. The molecule has 3 heterocycles. The standard InChI is InChI=1S/C17H17N5O2/c1-21(9-11-2-5-13-14(8-11)24-10-23-13)16-17-20-19-15(12-3-4-12)22(17)7-6-18-16/h2,5-8,12H,3-4,9-10H2,1H3. The smallest absolute Gasteiger partial charge is 0.231 e. The van der Waals surface area contributed by atoms with Crippen LogP contribution in [-0.2, 0) is 6.54 Å². The molecule has 1 aromatic carbocycles. The van der Waals surface area contributed by atoms with Crippen LogP contribution in [0.15, 0.2) is 30.6 Å². The van der Waals surface area contributed by atoms with Crippen molar-refractivity contribution in [2.45, 2.75) is 25.3 Å². The average Bonchev–Trinajstić information content (AvgIpc) is 3.17. The quantitative estimate of drug-likeness (QED) is 0.734. The van der Waals surface area contributed by atoms with E-state index in [9.17, 15) is 0 Å². The first kappa shape index (κ1) is 13.6. The Morgan fingerprint density at radius 2 is 2.08 bits per heavy atom. The monoisotopic (exact) mass is 323 g/mol. The average molecular weight is 323 g/mol. The van der Waals surface area contributed by atoms with E-state index in [4.69, 9.17) is 9.47 Å². The molecule has 0 bridgehead atoms. The zero-order valence-corrected chi connectivity index (χ0v) is 13.3. The van der Waals surface area contributed by atoms with Crippen molar-refractivity contribution in [1.82, 2.24) is 19.6 Å². The van der Waals surface area contributed by atoms with Gasteiger partial charge in [-0.1, -0.05) is 6.07 Å². The van der Waals surface area contributed by atoms with Crippen LogP contribution in [0, 0.1) is 0 Å². The highest BCUT2D eigenvalue weighted by Crippen LogP contribution is 2.39. The van der Waals surface area contributed by atoms with Crippen LogP contribution >= 0.6 is 0 Å². The normalized spacial score (nSPS) is 15.9. The van der Waals surface area contributed by atoms with E-state index in [-0.39, 0.29) is 0 Å². The van der Waals surface area contributed by atoms with Crippen LogP contribution in [0.1, 0.15) is 30.1 Å². The number of hydrogen-bond donors (Lipinski definition) is 0. The van der Waals surface area contributed by atoms with Crippen molar-refractivity contribution in [2.24, 2.45) is 0 Å². The van der Waals surface area contributed by atoms with Gasteiger partial charge >= 0.3 is 0 Å². The highest BCUT2D eigenvalue weighted by atomic mass is 16.7. The Morgan fingerprint density at radius 3 is 2.96 bits per heavy atom. The van der Waals surface area contributed by atoms with Crippen molar-refractivity contribution in [3.63, 3.8) is 0 Å². The van der Waals surface area contributed by atoms with Gasteiger partial charge in [0.15, 0.2) is 17.3 Å². The minimum Gasteiger partial charge on any atom is -0.454 e. The van der Waals surface area contributed by atoms with Gasteiger partial charge in [0, 0.05) is 31.9 Å². The van der Waals surface area contributed by atoms with E-state index in [1.165, 1.54) is 12.8 Å². The zero-order valence-electron chi connectivity index (χ0n) is 13.3. The summed E-state index contributed by atoms with van der Waals surface area (Å²) >= 11 is 0. The summed E-state index contributed by atoms with van der Waals surface area (Å²) in [6.45, 7) is 0.994. The summed E-state index contributed by atoms with van der Waals surface area (Å²) in [7, 11) is 2.01. The number of benzene rings is 1. The van der Waals surface area contributed by atoms with E-state index >= 15 is 0 Å². The Labute approximate surface area is 138 Å². The summed E-state index contributed by atoms with van der Waals surface area (Å²) in [5.74, 6) is 4.02. The number of ether oxygens (including phenoxy) is 2. The van der Waals surface area contributed by atoms with Crippen molar-refractivity contribution in [1.29, 1.82) is 0 Å². The van der Waals surface area contributed by atoms with E-state index in [1.54, 1.807) is 0 Å². The fraction of sp³-hybridized carbons (Fsp3) is 0.353.